The highest BCUT2D eigenvalue weighted by molar-refractivity contribution is 7.92. The molecule has 0 saturated heterocycles. The van der Waals surface area contributed by atoms with E-state index in [0.717, 1.165) is 16.7 Å². The third-order valence-electron chi connectivity index (χ3n) is 7.87. The molecule has 0 radical (unpaired) electrons. The van der Waals surface area contributed by atoms with Crippen LogP contribution in [-0.2, 0) is 14.8 Å². The van der Waals surface area contributed by atoms with Gasteiger partial charge in [0.15, 0.2) is 0 Å². The highest BCUT2D eigenvalue weighted by Crippen LogP contribution is 2.33. The summed E-state index contributed by atoms with van der Waals surface area (Å²) in [5.41, 5.74) is 3.56. The summed E-state index contributed by atoms with van der Waals surface area (Å²) < 4.78 is 40.5. The molecular weight excluding hydrogens is 570 g/mol. The third-order valence-corrected chi connectivity index (χ3v) is 9.19. The number of ether oxygens (including phenoxy) is 2. The van der Waals surface area contributed by atoms with Crippen molar-refractivity contribution in [1.29, 1.82) is 0 Å². The summed E-state index contributed by atoms with van der Waals surface area (Å²) in [6.45, 7) is 8.21. The molecule has 1 aliphatic carbocycles. The lowest BCUT2D eigenvalue weighted by Gasteiger charge is -2.46. The zero-order valence-corrected chi connectivity index (χ0v) is 25.8. The first-order chi connectivity index (χ1) is 20.4. The van der Waals surface area contributed by atoms with Crippen molar-refractivity contribution in [3.8, 4) is 17.1 Å². The molecule has 1 fully saturated rings. The van der Waals surface area contributed by atoms with Gasteiger partial charge < -0.3 is 19.7 Å². The third kappa shape index (κ3) is 6.58. The average molecular weight is 608 g/mol. The number of alkyl carbamates (subject to hydrolysis) is 1. The van der Waals surface area contributed by atoms with Gasteiger partial charge in [0.25, 0.3) is 15.9 Å². The maximum atomic E-state index is 14.2. The van der Waals surface area contributed by atoms with Crippen LogP contribution < -0.4 is 14.8 Å². The second kappa shape index (κ2) is 12.2. The second-order valence-corrected chi connectivity index (χ2v) is 13.3. The monoisotopic (exact) mass is 607 g/mol. The molecule has 2 heterocycles. The summed E-state index contributed by atoms with van der Waals surface area (Å²) in [5.74, 6) is -0.0142. The van der Waals surface area contributed by atoms with Crippen LogP contribution in [0, 0.1) is 19.8 Å². The Morgan fingerprint density at radius 1 is 1.12 bits per heavy atom. The lowest BCUT2D eigenvalue weighted by molar-refractivity contribution is 0.0214. The number of fused-ring (bicyclic) bond motifs is 4. The molecule has 4 bridgehead atoms. The Kier molecular flexibility index (Phi) is 8.59. The van der Waals surface area contributed by atoms with Crippen LogP contribution in [0.25, 0.3) is 11.3 Å². The molecule has 43 heavy (non-hydrogen) atoms. The molecule has 2 amide bonds. The minimum atomic E-state index is -4.15. The largest absolute Gasteiger partial charge is 0.475 e. The number of nitrogens with one attached hydrogen (secondary N) is 2. The maximum Gasteiger partial charge on any atom is 0.407 e. The van der Waals surface area contributed by atoms with Crippen LogP contribution >= 0.6 is 0 Å². The van der Waals surface area contributed by atoms with Crippen molar-refractivity contribution in [2.24, 2.45) is 5.92 Å². The van der Waals surface area contributed by atoms with Crippen molar-refractivity contribution in [3.63, 3.8) is 0 Å². The van der Waals surface area contributed by atoms with E-state index in [2.05, 4.69) is 33.9 Å². The number of methoxy groups -OCH3 is 1. The van der Waals surface area contributed by atoms with Crippen molar-refractivity contribution in [2.75, 3.05) is 18.4 Å². The predicted octanol–water partition coefficient (Wildman–Crippen LogP) is 4.70. The van der Waals surface area contributed by atoms with Crippen molar-refractivity contribution in [1.82, 2.24) is 20.2 Å². The topological polar surface area (TPSA) is 140 Å². The number of rotatable bonds is 5. The van der Waals surface area contributed by atoms with Crippen LogP contribution in [0.2, 0.25) is 0 Å². The molecule has 5 rings (SSSR count). The Morgan fingerprint density at radius 2 is 1.81 bits per heavy atom. The molecule has 0 spiro atoms. The Hall–Kier alpha value is -4.19. The smallest absolute Gasteiger partial charge is 0.407 e. The van der Waals surface area contributed by atoms with Gasteiger partial charge in [-0.15, -0.1) is 0 Å². The van der Waals surface area contributed by atoms with E-state index >= 15 is 0 Å². The molecule has 1 saturated carbocycles. The predicted molar refractivity (Wildman–Crippen MR) is 161 cm³/mol. The molecule has 2 aromatic carbocycles. The summed E-state index contributed by atoms with van der Waals surface area (Å²) in [7, 11) is -2.84. The van der Waals surface area contributed by atoms with Gasteiger partial charge in [0.2, 0.25) is 11.8 Å². The Bertz CT molecular complexity index is 1620. The fourth-order valence-corrected chi connectivity index (χ4v) is 6.78. The molecule has 3 aromatic rings. The van der Waals surface area contributed by atoms with E-state index in [4.69, 9.17) is 9.47 Å². The summed E-state index contributed by atoms with van der Waals surface area (Å²) in [6, 6.07) is 12.9. The van der Waals surface area contributed by atoms with Crippen molar-refractivity contribution in [3.05, 3.63) is 65.2 Å². The molecule has 11 nitrogen and oxygen atoms in total. The SMILES string of the molecule is COC(=O)N[C@H]1C[C@@H](N2C(=O)c3cccc(c3)S(=O)(=O)Nc3nc(cc(-c4c(C)cccc4C)n3)OC[C@H]2CC(C)C)C1. The lowest BCUT2D eigenvalue weighted by Crippen LogP contribution is -2.59. The van der Waals surface area contributed by atoms with Gasteiger partial charge in [0, 0.05) is 29.3 Å². The fourth-order valence-electron chi connectivity index (χ4n) is 5.79. The van der Waals surface area contributed by atoms with E-state index < -0.39 is 16.1 Å². The quantitative estimate of drug-likeness (QED) is 0.426. The van der Waals surface area contributed by atoms with E-state index in [9.17, 15) is 18.0 Å². The van der Waals surface area contributed by atoms with Crippen LogP contribution in [0.15, 0.2) is 53.4 Å². The fraction of sp³-hybridized carbons (Fsp3) is 0.419. The maximum absolute atomic E-state index is 14.2. The molecule has 1 aliphatic heterocycles. The van der Waals surface area contributed by atoms with Crippen LogP contribution in [0.5, 0.6) is 5.88 Å². The van der Waals surface area contributed by atoms with Gasteiger partial charge in [-0.25, -0.2) is 22.9 Å². The van der Waals surface area contributed by atoms with Crippen LogP contribution in [-0.4, -0.2) is 67.1 Å². The molecule has 0 unspecified atom stereocenters. The molecule has 2 aliphatic rings. The first-order valence-corrected chi connectivity index (χ1v) is 15.8. The van der Waals surface area contributed by atoms with E-state index in [1.165, 1.54) is 19.2 Å². The number of hydrogen-bond acceptors (Lipinski definition) is 8. The Morgan fingerprint density at radius 3 is 2.49 bits per heavy atom. The Labute approximate surface area is 252 Å². The number of carbonyl (C=O) groups is 2. The number of carbonyl (C=O) groups excluding carboxylic acids is 2. The van der Waals surface area contributed by atoms with E-state index in [0.29, 0.717) is 25.0 Å². The summed E-state index contributed by atoms with van der Waals surface area (Å²) in [6.07, 6.45) is 1.17. The van der Waals surface area contributed by atoms with Gasteiger partial charge in [-0.05, 0) is 68.4 Å². The number of aryl methyl sites for hydroxylation is 2. The number of anilines is 1. The van der Waals surface area contributed by atoms with Gasteiger partial charge in [-0.1, -0.05) is 38.1 Å². The minimum absolute atomic E-state index is 0.0830. The summed E-state index contributed by atoms with van der Waals surface area (Å²) in [4.78, 5) is 36.6. The minimum Gasteiger partial charge on any atom is -0.475 e. The normalized spacial score (nSPS) is 21.3. The van der Waals surface area contributed by atoms with Crippen molar-refractivity contribution < 1.29 is 27.5 Å². The number of amides is 2. The van der Waals surface area contributed by atoms with E-state index in [1.807, 2.05) is 32.0 Å². The van der Waals surface area contributed by atoms with Gasteiger partial charge >= 0.3 is 6.09 Å². The highest BCUT2D eigenvalue weighted by atomic mass is 32.2. The highest BCUT2D eigenvalue weighted by Gasteiger charge is 2.41. The number of hydrogen-bond donors (Lipinski definition) is 2. The van der Waals surface area contributed by atoms with E-state index in [-0.39, 0.29) is 58.8 Å². The van der Waals surface area contributed by atoms with Crippen LogP contribution in [0.1, 0.15) is 54.6 Å². The summed E-state index contributed by atoms with van der Waals surface area (Å²) in [5, 5.41) is 2.80. The molecule has 2 N–H and O–H groups in total. The van der Waals surface area contributed by atoms with Gasteiger partial charge in [0.1, 0.15) is 6.61 Å². The van der Waals surface area contributed by atoms with Crippen molar-refractivity contribution >= 4 is 28.0 Å². The zero-order chi connectivity index (χ0) is 30.9. The lowest BCUT2D eigenvalue weighted by atomic mass is 9.83. The van der Waals surface area contributed by atoms with Gasteiger partial charge in [-0.2, -0.15) is 4.98 Å². The zero-order valence-electron chi connectivity index (χ0n) is 25.0. The van der Waals surface area contributed by atoms with Crippen LogP contribution in [0.3, 0.4) is 0 Å². The number of sulfonamides is 1. The number of nitrogens with zero attached hydrogens (tertiary/aromatic N) is 3. The molecule has 1 aromatic heterocycles. The number of aromatic nitrogens is 2. The molecule has 228 valence electrons. The second-order valence-electron chi connectivity index (χ2n) is 11.6. The standard InChI is InChI=1S/C31H37N5O6S/c1-18(2)12-24-17-42-27-16-26(28-19(3)8-6-9-20(28)4)33-30(34-27)35-43(39,40)25-11-7-10-21(13-25)29(37)36(24)23-14-22(15-23)32-31(38)41-5/h6-11,13,16,18,22-24H,12,14-15,17H2,1-5H3,(H,32,38)(H,33,34,35)/t22-,23+,24-/m1/s1. The van der Waals surface area contributed by atoms with Crippen molar-refractivity contribution in [2.45, 2.75) is 70.0 Å². The van der Waals surface area contributed by atoms with Gasteiger partial charge in [-0.3, -0.25) is 4.79 Å². The average Bonchev–Trinajstić information content (AvgIpc) is 2.93. The molecule has 1 atom stereocenters. The van der Waals surface area contributed by atoms with Crippen LogP contribution in [0.4, 0.5) is 10.7 Å². The van der Waals surface area contributed by atoms with Gasteiger partial charge in [0.05, 0.1) is 23.7 Å². The van der Waals surface area contributed by atoms with E-state index in [1.54, 1.807) is 23.1 Å². The molecular formula is C31H37N5O6S. The first kappa shape index (κ1) is 30.3. The first-order valence-electron chi connectivity index (χ1n) is 14.3. The summed E-state index contributed by atoms with van der Waals surface area (Å²) >= 11 is 0. The molecule has 12 heteroatoms. The number of benzene rings is 2. The Balaban J connectivity index is 1.60.